The summed E-state index contributed by atoms with van der Waals surface area (Å²) in [6.45, 7) is 3.57. The Bertz CT molecular complexity index is 481. The molecule has 0 aromatic carbocycles. The summed E-state index contributed by atoms with van der Waals surface area (Å²) < 4.78 is 38.8. The number of nitrogens with one attached hydrogen (secondary N) is 1. The molecule has 2 rings (SSSR count). The first-order valence-electron chi connectivity index (χ1n) is 6.27. The summed E-state index contributed by atoms with van der Waals surface area (Å²) in [4.78, 5) is 8.24. The Morgan fingerprint density at radius 1 is 1.32 bits per heavy atom. The minimum absolute atomic E-state index is 0.0724. The molecule has 1 saturated carbocycles. The lowest BCUT2D eigenvalue weighted by Gasteiger charge is -2.22. The summed E-state index contributed by atoms with van der Waals surface area (Å²) in [5, 5.41) is 2.52. The van der Waals surface area contributed by atoms with E-state index in [0.29, 0.717) is 17.8 Å². The number of aromatic nitrogens is 2. The lowest BCUT2D eigenvalue weighted by molar-refractivity contribution is -0.151. The zero-order valence-electron chi connectivity index (χ0n) is 10.9. The largest absolute Gasteiger partial charge is 0.411 e. The maximum Gasteiger partial charge on any atom is 0.411 e. The van der Waals surface area contributed by atoms with Gasteiger partial charge < -0.3 is 11.1 Å². The van der Waals surface area contributed by atoms with Crippen LogP contribution in [0, 0.1) is 6.92 Å². The summed E-state index contributed by atoms with van der Waals surface area (Å²) >= 11 is 0. The summed E-state index contributed by atoms with van der Waals surface area (Å²) in [5.41, 5.74) is 4.36. The van der Waals surface area contributed by atoms with Crippen molar-refractivity contribution in [1.29, 1.82) is 0 Å². The molecule has 1 heterocycles. The van der Waals surface area contributed by atoms with Gasteiger partial charge in [-0.15, -0.1) is 0 Å². The molecule has 1 aromatic heterocycles. The number of hydrogen-bond donors (Lipinski definition) is 2. The second-order valence-electron chi connectivity index (χ2n) is 4.95. The monoisotopic (exact) mass is 274 g/mol. The van der Waals surface area contributed by atoms with E-state index in [-0.39, 0.29) is 24.5 Å². The van der Waals surface area contributed by atoms with E-state index >= 15 is 0 Å². The maximum absolute atomic E-state index is 12.9. The number of nitrogen functional groups attached to an aromatic ring is 1. The minimum atomic E-state index is -4.27. The third kappa shape index (κ3) is 2.59. The smallest absolute Gasteiger partial charge is 0.383 e. The van der Waals surface area contributed by atoms with Crippen LogP contribution in [0.3, 0.4) is 0 Å². The van der Waals surface area contributed by atoms with Gasteiger partial charge in [-0.05, 0) is 26.2 Å². The standard InChI is InChI=1S/C12H17F3N4/c1-3-4-8-17-9(16)7(2)10(18-8)19-11(5-6-11)12(13,14)15/h3-6H2,1-2H3,(H3,16,17,18,19). The fourth-order valence-corrected chi connectivity index (χ4v) is 1.87. The second-order valence-corrected chi connectivity index (χ2v) is 4.95. The quantitative estimate of drug-likeness (QED) is 0.886. The summed E-state index contributed by atoms with van der Waals surface area (Å²) in [7, 11) is 0. The SMILES string of the molecule is CCCc1nc(N)c(C)c(NC2(C(F)(F)F)CC2)n1. The van der Waals surface area contributed by atoms with Crippen molar-refractivity contribution in [3.63, 3.8) is 0 Å². The van der Waals surface area contributed by atoms with Crippen LogP contribution in [0.25, 0.3) is 0 Å². The Hall–Kier alpha value is -1.53. The Kier molecular flexibility index (Phi) is 3.32. The van der Waals surface area contributed by atoms with Gasteiger partial charge in [0, 0.05) is 12.0 Å². The Morgan fingerprint density at radius 2 is 1.95 bits per heavy atom. The molecule has 1 aliphatic carbocycles. The van der Waals surface area contributed by atoms with E-state index in [4.69, 9.17) is 5.73 Å². The van der Waals surface area contributed by atoms with E-state index in [0.717, 1.165) is 6.42 Å². The highest BCUT2D eigenvalue weighted by Gasteiger charge is 2.63. The van der Waals surface area contributed by atoms with E-state index in [2.05, 4.69) is 15.3 Å². The molecule has 19 heavy (non-hydrogen) atoms. The number of nitrogens with two attached hydrogens (primary N) is 1. The van der Waals surface area contributed by atoms with Crippen molar-refractivity contribution in [1.82, 2.24) is 9.97 Å². The highest BCUT2D eigenvalue weighted by Crippen LogP contribution is 2.51. The van der Waals surface area contributed by atoms with Crippen molar-refractivity contribution in [3.8, 4) is 0 Å². The number of anilines is 2. The van der Waals surface area contributed by atoms with Gasteiger partial charge in [0.1, 0.15) is 23.0 Å². The van der Waals surface area contributed by atoms with Crippen LogP contribution in [-0.4, -0.2) is 21.7 Å². The summed E-state index contributed by atoms with van der Waals surface area (Å²) in [6.07, 6.45) is -2.72. The average Bonchev–Trinajstić information content (AvgIpc) is 3.06. The third-order valence-electron chi connectivity index (χ3n) is 3.35. The first-order valence-corrected chi connectivity index (χ1v) is 6.27. The lowest BCUT2D eigenvalue weighted by Crippen LogP contribution is -2.39. The molecule has 4 nitrogen and oxygen atoms in total. The van der Waals surface area contributed by atoms with Gasteiger partial charge in [-0.3, -0.25) is 0 Å². The molecule has 7 heteroatoms. The molecule has 0 atom stereocenters. The van der Waals surface area contributed by atoms with Crippen molar-refractivity contribution >= 4 is 11.6 Å². The van der Waals surface area contributed by atoms with Gasteiger partial charge in [0.2, 0.25) is 0 Å². The summed E-state index contributed by atoms with van der Waals surface area (Å²) in [6, 6.07) is 0. The molecular formula is C12H17F3N4. The molecule has 0 saturated heterocycles. The summed E-state index contributed by atoms with van der Waals surface area (Å²) in [5.74, 6) is 0.913. The number of aryl methyl sites for hydroxylation is 1. The zero-order valence-corrected chi connectivity index (χ0v) is 10.9. The molecule has 1 aliphatic rings. The molecule has 3 N–H and O–H groups in total. The van der Waals surface area contributed by atoms with Crippen molar-refractivity contribution in [2.45, 2.75) is 51.2 Å². The number of halogens is 3. The van der Waals surface area contributed by atoms with Gasteiger partial charge in [-0.25, -0.2) is 9.97 Å². The maximum atomic E-state index is 12.9. The highest BCUT2D eigenvalue weighted by molar-refractivity contribution is 5.57. The molecule has 0 radical (unpaired) electrons. The Morgan fingerprint density at radius 3 is 2.42 bits per heavy atom. The van der Waals surface area contributed by atoms with E-state index in [1.165, 1.54) is 0 Å². The fraction of sp³-hybridized carbons (Fsp3) is 0.667. The topological polar surface area (TPSA) is 63.8 Å². The van der Waals surface area contributed by atoms with Crippen LogP contribution >= 0.6 is 0 Å². The number of hydrogen-bond acceptors (Lipinski definition) is 4. The first kappa shape index (κ1) is 13.9. The second kappa shape index (κ2) is 4.54. The van der Waals surface area contributed by atoms with Gasteiger partial charge >= 0.3 is 6.18 Å². The van der Waals surface area contributed by atoms with Crippen LogP contribution in [0.5, 0.6) is 0 Å². The predicted molar refractivity (Wildman–Crippen MR) is 66.8 cm³/mol. The molecule has 0 amide bonds. The molecule has 0 spiro atoms. The van der Waals surface area contributed by atoms with Gasteiger partial charge in [0.25, 0.3) is 0 Å². The Labute approximate surface area is 109 Å². The van der Waals surface area contributed by atoms with Gasteiger partial charge in [-0.1, -0.05) is 6.92 Å². The van der Waals surface area contributed by atoms with Crippen LogP contribution < -0.4 is 11.1 Å². The van der Waals surface area contributed by atoms with E-state index in [9.17, 15) is 13.2 Å². The number of alkyl halides is 3. The zero-order chi connectivity index (χ0) is 14.3. The van der Waals surface area contributed by atoms with Crippen LogP contribution in [-0.2, 0) is 6.42 Å². The Balaban J connectivity index is 2.30. The molecule has 0 unspecified atom stereocenters. The molecule has 0 bridgehead atoms. The molecule has 0 aliphatic heterocycles. The van der Waals surface area contributed by atoms with E-state index in [1.54, 1.807) is 6.92 Å². The van der Waals surface area contributed by atoms with Gasteiger partial charge in [0.05, 0.1) is 0 Å². The highest BCUT2D eigenvalue weighted by atomic mass is 19.4. The van der Waals surface area contributed by atoms with Crippen molar-refractivity contribution in [2.24, 2.45) is 0 Å². The number of nitrogens with zero attached hydrogens (tertiary/aromatic N) is 2. The minimum Gasteiger partial charge on any atom is -0.383 e. The van der Waals surface area contributed by atoms with Crippen LogP contribution in [0.4, 0.5) is 24.8 Å². The van der Waals surface area contributed by atoms with Crippen molar-refractivity contribution in [3.05, 3.63) is 11.4 Å². The van der Waals surface area contributed by atoms with Gasteiger partial charge in [0.15, 0.2) is 0 Å². The lowest BCUT2D eigenvalue weighted by atomic mass is 10.2. The number of rotatable bonds is 4. The predicted octanol–water partition coefficient (Wildman–Crippen LogP) is 2.83. The molecule has 1 fully saturated rings. The van der Waals surface area contributed by atoms with Crippen molar-refractivity contribution in [2.75, 3.05) is 11.1 Å². The van der Waals surface area contributed by atoms with Gasteiger partial charge in [-0.2, -0.15) is 13.2 Å². The van der Waals surface area contributed by atoms with Crippen LogP contribution in [0.1, 0.15) is 37.6 Å². The van der Waals surface area contributed by atoms with Crippen LogP contribution in [0.2, 0.25) is 0 Å². The first-order chi connectivity index (χ1) is 8.79. The normalized spacial score (nSPS) is 17.3. The molecular weight excluding hydrogens is 257 g/mol. The fourth-order valence-electron chi connectivity index (χ4n) is 1.87. The van der Waals surface area contributed by atoms with Crippen molar-refractivity contribution < 1.29 is 13.2 Å². The molecule has 1 aromatic rings. The molecule has 106 valence electrons. The van der Waals surface area contributed by atoms with E-state index in [1.807, 2.05) is 6.92 Å². The van der Waals surface area contributed by atoms with Crippen LogP contribution in [0.15, 0.2) is 0 Å². The van der Waals surface area contributed by atoms with E-state index < -0.39 is 11.7 Å². The average molecular weight is 274 g/mol. The third-order valence-corrected chi connectivity index (χ3v) is 3.35.